The van der Waals surface area contributed by atoms with Crippen LogP contribution in [-0.2, 0) is 128 Å². The number of aromatic amines is 1. The first-order valence-corrected chi connectivity index (χ1v) is 48.6. The number of H-pyrrole nitrogens is 1. The third kappa shape index (κ3) is 40.3. The average Bonchev–Trinajstić information content (AvgIpc) is 1.48. The molecule has 1 aromatic heterocycles. The van der Waals surface area contributed by atoms with Crippen LogP contribution in [0.1, 0.15) is 86.1 Å². The third-order valence-corrected chi connectivity index (χ3v) is 24.9. The highest BCUT2D eigenvalue weighted by Gasteiger charge is 2.42. The van der Waals surface area contributed by atoms with Crippen molar-refractivity contribution in [2.75, 3.05) is 196 Å². The Bertz CT molecular complexity index is 5230. The summed E-state index contributed by atoms with van der Waals surface area (Å²) in [5.74, 6) is -16.8. The summed E-state index contributed by atoms with van der Waals surface area (Å²) in [4.78, 5) is 260. The van der Waals surface area contributed by atoms with Gasteiger partial charge in [-0.2, -0.15) is 0 Å². The molecule has 5 heterocycles. The maximum atomic E-state index is 15.4. The first kappa shape index (κ1) is 115. The number of nitrogens with one attached hydrogen (secondary N) is 13. The van der Waals surface area contributed by atoms with Crippen molar-refractivity contribution >= 4 is 141 Å². The van der Waals surface area contributed by atoms with Gasteiger partial charge in [-0.3, -0.25) is 106 Å². The summed E-state index contributed by atoms with van der Waals surface area (Å²) in [6.45, 7) is 0.188. The Morgan fingerprint density at radius 1 is 0.455 bits per heavy atom. The molecule has 0 radical (unpaired) electrons. The molecule has 1 unspecified atom stereocenters. The van der Waals surface area contributed by atoms with Crippen LogP contribution in [0, 0.1) is 0 Å². The van der Waals surface area contributed by atoms with Gasteiger partial charge in [0.05, 0.1) is 78.6 Å². The molecule has 0 aliphatic carbocycles. The number of nitrogens with zero attached hydrogens (tertiary/aromatic N) is 8. The number of unbranched alkanes of at least 4 members (excludes halogenated alkanes) is 1. The molecule has 19 N–H and O–H groups in total. The molecule has 9 rings (SSSR count). The van der Waals surface area contributed by atoms with E-state index >= 15 is 14.4 Å². The number of likely N-dealkylation sites (N-methyl/N-ethyl adjacent to an activating group) is 1. The lowest BCUT2D eigenvalue weighted by molar-refractivity contribution is -0.146. The number of urea groups is 1. The second-order valence-electron chi connectivity index (χ2n) is 35.7. The number of hydrogen-bond acceptors (Lipinski definition) is 27. The Kier molecular flexibility index (Phi) is 47.4. The van der Waals surface area contributed by atoms with Crippen LogP contribution in [0.15, 0.2) is 109 Å². The zero-order valence-electron chi connectivity index (χ0n) is 81.2. The van der Waals surface area contributed by atoms with Gasteiger partial charge in [0, 0.05) is 167 Å². The summed E-state index contributed by atoms with van der Waals surface area (Å²) in [6, 6.07) is 17.6. The van der Waals surface area contributed by atoms with Crippen LogP contribution in [0.25, 0.3) is 10.9 Å². The van der Waals surface area contributed by atoms with Gasteiger partial charge in [-0.25, -0.2) is 4.79 Å². The van der Waals surface area contributed by atoms with Crippen molar-refractivity contribution in [3.05, 3.63) is 137 Å². The molecule has 49 heteroatoms. The summed E-state index contributed by atoms with van der Waals surface area (Å²) in [6.07, 6.45) is 0.911. The summed E-state index contributed by atoms with van der Waals surface area (Å²) in [5.41, 5.74) is 4.14. The smallest absolute Gasteiger partial charge is 0.317 e. The number of fused-ring (bicyclic) bond motifs is 2. The van der Waals surface area contributed by atoms with Gasteiger partial charge in [0.15, 0.2) is 5.11 Å². The molecule has 790 valence electrons. The fourth-order valence-corrected chi connectivity index (χ4v) is 17.2. The number of rotatable bonds is 41. The van der Waals surface area contributed by atoms with Crippen molar-refractivity contribution in [1.29, 1.82) is 0 Å². The van der Waals surface area contributed by atoms with Gasteiger partial charge in [-0.1, -0.05) is 91.9 Å². The van der Waals surface area contributed by atoms with E-state index < -0.39 is 194 Å². The van der Waals surface area contributed by atoms with Gasteiger partial charge in [0.2, 0.25) is 65.0 Å². The molecule has 5 aromatic rings. The molecule has 0 spiro atoms. The molecule has 13 amide bonds. The zero-order valence-corrected chi connectivity index (χ0v) is 82.1. The summed E-state index contributed by atoms with van der Waals surface area (Å²) in [5, 5.41) is 92.1. The van der Waals surface area contributed by atoms with Crippen molar-refractivity contribution in [3.63, 3.8) is 0 Å². The number of carbonyl (C=O) groups is 18. The standard InChI is InChI=1S/C96H133N21O27S/c1-3-40-142-41-26-72-90(136)107-74(48-66-51-99-70-15-8-7-14-69(66)70)88(134)102-53-79(119)105-71(16-9-10-27-98-96(141)115-37-34-113(35-38-115)58-85(128)129)89(135)109-75(49-82(122)123)94(140)117-29-11-17-76(117)92(138)103-52-78(118)101-54-81(121)110(2)77(47-62-12-5-4-6-13-62)93(139)108-73(91(137)106-72)46-64-18-20-65(21-19-64)50-100-80(120)61-144-44-43-143-42-28-97-95(145)104-67-24-22-63(23-25-67)45-68-55-114(59-86(130)131)33-32-111(56-83(124)125)30-31-112(57-84(126)127)36-39-116(68)60-87(132)133/h4-8,12-15,18-25,51,68,71-77,99H,3,9-11,16-17,26-50,52-61H2,1-2H3,(H,98,141)(H,100,120)(H,101,118)(H,102,134)(H,103,138)(H,105,119)(H,106,137)(H,107,136)(H,108,139)(H,109,135)(H,122,123)(H,124,125)(H,126,127)(H,128,129)(H,130,131)(H,132,133)(H2,97,104,145)/t68?,71-,72-,73-,74-,75-,76+,77-/m0/s1. The van der Waals surface area contributed by atoms with E-state index in [1.54, 1.807) is 134 Å². The van der Waals surface area contributed by atoms with Gasteiger partial charge in [-0.05, 0) is 110 Å². The minimum absolute atomic E-state index is 0.00802. The van der Waals surface area contributed by atoms with Crippen LogP contribution in [0.4, 0.5) is 10.5 Å². The number of benzene rings is 4. The molecule has 145 heavy (non-hydrogen) atoms. The summed E-state index contributed by atoms with van der Waals surface area (Å²) < 4.78 is 17.2. The Morgan fingerprint density at radius 3 is 1.66 bits per heavy atom. The highest BCUT2D eigenvalue weighted by molar-refractivity contribution is 7.80. The lowest BCUT2D eigenvalue weighted by Gasteiger charge is -2.37. The quantitative estimate of drug-likeness (QED) is 0.0135. The van der Waals surface area contributed by atoms with Gasteiger partial charge in [0.1, 0.15) is 48.9 Å². The zero-order chi connectivity index (χ0) is 105. The molecule has 4 aliphatic rings. The molecule has 4 fully saturated rings. The molecule has 4 saturated heterocycles. The summed E-state index contributed by atoms with van der Waals surface area (Å²) >= 11 is 5.54. The third-order valence-electron chi connectivity index (χ3n) is 24.7. The lowest BCUT2D eigenvalue weighted by atomic mass is 10.00. The van der Waals surface area contributed by atoms with E-state index in [1.807, 2.05) is 6.92 Å². The van der Waals surface area contributed by atoms with Gasteiger partial charge < -0.3 is 128 Å². The molecule has 4 aliphatic heterocycles. The van der Waals surface area contributed by atoms with E-state index in [0.717, 1.165) is 15.4 Å². The highest BCUT2D eigenvalue weighted by Crippen LogP contribution is 2.24. The van der Waals surface area contributed by atoms with E-state index in [-0.39, 0.29) is 214 Å². The van der Waals surface area contributed by atoms with Crippen LogP contribution < -0.4 is 63.8 Å². The predicted molar refractivity (Wildman–Crippen MR) is 526 cm³/mol. The molecule has 0 saturated carbocycles. The Hall–Kier alpha value is -13.9. The minimum atomic E-state index is -1.84. The monoisotopic (exact) mass is 2040 g/mol. The lowest BCUT2D eigenvalue weighted by Crippen LogP contribution is -2.60. The van der Waals surface area contributed by atoms with E-state index in [2.05, 4.69) is 68.8 Å². The number of aliphatic carboxylic acids is 6. The Labute approximate surface area is 842 Å². The topological polar surface area (TPSA) is 642 Å². The molecule has 8 atom stereocenters. The van der Waals surface area contributed by atoms with Crippen LogP contribution in [0.2, 0.25) is 0 Å². The number of piperazine rings is 1. The van der Waals surface area contributed by atoms with Gasteiger partial charge in [0.25, 0.3) is 0 Å². The van der Waals surface area contributed by atoms with E-state index in [0.29, 0.717) is 58.4 Å². The van der Waals surface area contributed by atoms with Crippen LogP contribution in [0.5, 0.6) is 0 Å². The fourth-order valence-electron chi connectivity index (χ4n) is 17.0. The number of thiocarbonyl (C=S) groups is 1. The van der Waals surface area contributed by atoms with Gasteiger partial charge >= 0.3 is 41.8 Å². The number of carboxylic acid groups (broad SMARTS) is 6. The van der Waals surface area contributed by atoms with E-state index in [4.69, 9.17) is 26.4 Å². The van der Waals surface area contributed by atoms with Gasteiger partial charge in [-0.15, -0.1) is 0 Å². The number of hydrogen-bond donors (Lipinski definition) is 19. The second-order valence-corrected chi connectivity index (χ2v) is 36.1. The van der Waals surface area contributed by atoms with Crippen LogP contribution in [0.3, 0.4) is 0 Å². The molecular weight excluding hydrogens is 1910 g/mol. The van der Waals surface area contributed by atoms with Crippen LogP contribution >= 0.6 is 12.2 Å². The molecule has 48 nitrogen and oxygen atoms in total. The highest BCUT2D eigenvalue weighted by atomic mass is 32.1. The number of para-hydroxylation sites is 1. The van der Waals surface area contributed by atoms with E-state index in [9.17, 15) is 103 Å². The maximum Gasteiger partial charge on any atom is 0.317 e. The average molecular weight is 2050 g/mol. The van der Waals surface area contributed by atoms with Crippen molar-refractivity contribution < 1.29 is 131 Å². The SMILES string of the molecule is CCCOCC[C@@H]1NC(=O)[C@H](Cc2ccc(CNC(=O)COCCOCCNC(=S)Nc3ccc(CC4CN(CC(=O)O)CCN(CC(=O)O)CCN(CC(=O)O)CCN4CC(=O)O)cc3)cc2)NC(=O)[C@H](Cc2ccccc2)N(C)C(=O)CNC(=O)CNC(=O)[C@H]2CCCN2C(=O)[C@H](CC(=O)O)NC(=O)[C@H](CCCCNC(=O)N2CCN(CC(=O)O)CC2)NC(=O)CNC(=O)[C@H](Cc2c[nH]c3ccccc23)NC1=O. The minimum Gasteiger partial charge on any atom is -0.481 e. The van der Waals surface area contributed by atoms with Crippen LogP contribution in [-0.4, -0.2) is 426 Å². The number of amides is 13. The number of aromatic nitrogens is 1. The summed E-state index contributed by atoms with van der Waals surface area (Å²) in [7, 11) is 1.30. The molecule has 0 bridgehead atoms. The number of carboxylic acids is 6. The van der Waals surface area contributed by atoms with Crippen molar-refractivity contribution in [1.82, 2.24) is 103 Å². The first-order chi connectivity index (χ1) is 69.5. The first-order valence-electron chi connectivity index (χ1n) is 48.2. The fraction of sp³-hybridized carbons (Fsp3) is 0.531. The maximum absolute atomic E-state index is 15.4. The molecule has 4 aromatic carbocycles. The Balaban J connectivity index is 0.863. The second kappa shape index (κ2) is 60.0. The molecular formula is C96H133N21O27S. The predicted octanol–water partition coefficient (Wildman–Crippen LogP) is -3.22. The van der Waals surface area contributed by atoms with E-state index in [1.165, 1.54) is 11.9 Å². The number of carbonyl (C=O) groups excluding carboxylic acids is 12. The normalized spacial score (nSPS) is 20.7. The number of anilines is 1. The largest absolute Gasteiger partial charge is 0.481 e. The number of ether oxygens (including phenoxy) is 3. The Morgan fingerprint density at radius 2 is 1.00 bits per heavy atom. The van der Waals surface area contributed by atoms with Crippen molar-refractivity contribution in [2.24, 2.45) is 0 Å². The van der Waals surface area contributed by atoms with Crippen molar-refractivity contribution in [3.8, 4) is 0 Å². The van der Waals surface area contributed by atoms with Crippen molar-refractivity contribution in [2.45, 2.75) is 139 Å².